The number of rotatable bonds is 7. The highest BCUT2D eigenvalue weighted by atomic mass is 32.2. The highest BCUT2D eigenvalue weighted by Crippen LogP contribution is 2.34. The van der Waals surface area contributed by atoms with E-state index < -0.39 is 0 Å². The molecule has 26 heavy (non-hydrogen) atoms. The van der Waals surface area contributed by atoms with Crippen LogP contribution in [-0.2, 0) is 10.5 Å². The molecule has 1 amide bonds. The fraction of sp³-hybridized carbons (Fsp3) is 0.474. The van der Waals surface area contributed by atoms with Gasteiger partial charge in [0.15, 0.2) is 11.5 Å². The van der Waals surface area contributed by atoms with Gasteiger partial charge in [0.1, 0.15) is 5.01 Å². The Balaban J connectivity index is 2.01. The van der Waals surface area contributed by atoms with Crippen LogP contribution in [0.25, 0.3) is 10.6 Å². The molecule has 1 unspecified atom stereocenters. The van der Waals surface area contributed by atoms with E-state index in [9.17, 15) is 4.79 Å². The Morgan fingerprint density at radius 1 is 1.27 bits per heavy atom. The van der Waals surface area contributed by atoms with Gasteiger partial charge in [-0.2, -0.15) is 0 Å². The topological polar surface area (TPSA) is 60.5 Å². The normalized spacial score (nSPS) is 12.5. The van der Waals surface area contributed by atoms with Gasteiger partial charge in [-0.25, -0.2) is 4.98 Å². The molecule has 2 rings (SSSR count). The third-order valence-electron chi connectivity index (χ3n) is 3.53. The van der Waals surface area contributed by atoms with Crippen molar-refractivity contribution in [3.63, 3.8) is 0 Å². The Labute approximate surface area is 163 Å². The number of nitrogens with one attached hydrogen (secondary N) is 1. The number of aromatic nitrogens is 1. The number of hydrogen-bond acceptors (Lipinski definition) is 6. The minimum Gasteiger partial charge on any atom is -0.493 e. The number of thiazole rings is 1. The third kappa shape index (κ3) is 5.64. The van der Waals surface area contributed by atoms with Crippen LogP contribution in [-0.4, -0.2) is 35.9 Å². The van der Waals surface area contributed by atoms with E-state index in [2.05, 4.69) is 10.3 Å². The van der Waals surface area contributed by atoms with Crippen LogP contribution in [0.15, 0.2) is 23.6 Å². The molecule has 0 bridgehead atoms. The molecule has 1 N–H and O–H groups in total. The zero-order valence-corrected chi connectivity index (χ0v) is 17.7. The predicted molar refractivity (Wildman–Crippen MR) is 109 cm³/mol. The van der Waals surface area contributed by atoms with E-state index in [1.807, 2.05) is 51.3 Å². The van der Waals surface area contributed by atoms with Crippen LogP contribution < -0.4 is 14.8 Å². The van der Waals surface area contributed by atoms with Crippen LogP contribution in [0.2, 0.25) is 0 Å². The predicted octanol–water partition coefficient (Wildman–Crippen LogP) is 4.36. The molecule has 1 atom stereocenters. The van der Waals surface area contributed by atoms with Gasteiger partial charge in [-0.05, 0) is 45.9 Å². The van der Waals surface area contributed by atoms with Crippen LogP contribution in [0.4, 0.5) is 0 Å². The number of nitrogens with zero attached hydrogens (tertiary/aromatic N) is 1. The maximum atomic E-state index is 12.2. The second-order valence-electron chi connectivity index (χ2n) is 6.91. The second kappa shape index (κ2) is 8.77. The van der Waals surface area contributed by atoms with E-state index in [-0.39, 0.29) is 16.7 Å². The van der Waals surface area contributed by atoms with E-state index in [1.54, 1.807) is 37.3 Å². The SMILES string of the molecule is COc1ccc(-c2nc(CSC(C)C(=O)NC(C)(C)C)cs2)cc1OC. The van der Waals surface area contributed by atoms with Crippen LogP contribution in [0.5, 0.6) is 11.5 Å². The van der Waals surface area contributed by atoms with Gasteiger partial charge in [0.2, 0.25) is 5.91 Å². The van der Waals surface area contributed by atoms with Gasteiger partial charge in [0.05, 0.1) is 25.2 Å². The fourth-order valence-corrected chi connectivity index (χ4v) is 3.93. The maximum Gasteiger partial charge on any atom is 0.233 e. The van der Waals surface area contributed by atoms with Gasteiger partial charge in [-0.1, -0.05) is 0 Å². The lowest BCUT2D eigenvalue weighted by atomic mass is 10.1. The maximum absolute atomic E-state index is 12.2. The van der Waals surface area contributed by atoms with Gasteiger partial charge in [0, 0.05) is 22.2 Å². The molecule has 5 nitrogen and oxygen atoms in total. The average molecular weight is 395 g/mol. The van der Waals surface area contributed by atoms with E-state index in [1.165, 1.54) is 0 Å². The molecule has 0 aliphatic carbocycles. The first-order valence-corrected chi connectivity index (χ1v) is 10.3. The lowest BCUT2D eigenvalue weighted by Gasteiger charge is -2.22. The van der Waals surface area contributed by atoms with Crippen molar-refractivity contribution in [1.29, 1.82) is 0 Å². The van der Waals surface area contributed by atoms with Crippen molar-refractivity contribution in [3.8, 4) is 22.1 Å². The van der Waals surface area contributed by atoms with E-state index >= 15 is 0 Å². The van der Waals surface area contributed by atoms with Gasteiger partial charge >= 0.3 is 0 Å². The lowest BCUT2D eigenvalue weighted by Crippen LogP contribution is -2.44. The third-order valence-corrected chi connectivity index (χ3v) is 5.65. The molecule has 0 fully saturated rings. The van der Waals surface area contributed by atoms with Crippen molar-refractivity contribution in [1.82, 2.24) is 10.3 Å². The summed E-state index contributed by atoms with van der Waals surface area (Å²) in [6, 6.07) is 5.77. The van der Waals surface area contributed by atoms with Gasteiger partial charge in [0.25, 0.3) is 0 Å². The van der Waals surface area contributed by atoms with Crippen molar-refractivity contribution in [2.45, 2.75) is 44.2 Å². The fourth-order valence-electron chi connectivity index (χ4n) is 2.23. The highest BCUT2D eigenvalue weighted by Gasteiger charge is 2.20. The molecule has 7 heteroatoms. The highest BCUT2D eigenvalue weighted by molar-refractivity contribution is 7.99. The molecule has 2 aromatic rings. The Morgan fingerprint density at radius 2 is 1.96 bits per heavy atom. The monoisotopic (exact) mass is 394 g/mol. The molecule has 142 valence electrons. The summed E-state index contributed by atoms with van der Waals surface area (Å²) in [6.07, 6.45) is 0. The Hall–Kier alpha value is -1.73. The Bertz CT molecular complexity index is 753. The van der Waals surface area contributed by atoms with Crippen molar-refractivity contribution >= 4 is 29.0 Å². The van der Waals surface area contributed by atoms with Crippen LogP contribution >= 0.6 is 23.1 Å². The number of thioether (sulfide) groups is 1. The summed E-state index contributed by atoms with van der Waals surface area (Å²) in [4.78, 5) is 16.8. The molecule has 1 aromatic heterocycles. The van der Waals surface area contributed by atoms with Crippen LogP contribution in [0, 0.1) is 0 Å². The minimum absolute atomic E-state index is 0.0536. The molecule has 0 aliphatic rings. The minimum atomic E-state index is -0.215. The number of carbonyl (C=O) groups excluding carboxylic acids is 1. The number of methoxy groups -OCH3 is 2. The first-order chi connectivity index (χ1) is 12.2. The van der Waals surface area contributed by atoms with E-state index in [0.717, 1.165) is 16.3 Å². The van der Waals surface area contributed by atoms with Crippen molar-refractivity contribution in [2.24, 2.45) is 0 Å². The van der Waals surface area contributed by atoms with E-state index in [4.69, 9.17) is 9.47 Å². The smallest absolute Gasteiger partial charge is 0.233 e. The summed E-state index contributed by atoms with van der Waals surface area (Å²) in [5.41, 5.74) is 1.75. The van der Waals surface area contributed by atoms with Crippen molar-refractivity contribution in [3.05, 3.63) is 29.3 Å². The van der Waals surface area contributed by atoms with E-state index in [0.29, 0.717) is 17.3 Å². The molecule has 0 radical (unpaired) electrons. The Kier molecular flexibility index (Phi) is 6.94. The first-order valence-electron chi connectivity index (χ1n) is 8.34. The molecule has 0 aliphatic heterocycles. The van der Waals surface area contributed by atoms with Crippen molar-refractivity contribution < 1.29 is 14.3 Å². The average Bonchev–Trinajstić information content (AvgIpc) is 3.06. The Morgan fingerprint density at radius 3 is 2.58 bits per heavy atom. The van der Waals surface area contributed by atoms with Crippen molar-refractivity contribution in [2.75, 3.05) is 14.2 Å². The van der Waals surface area contributed by atoms with Crippen LogP contribution in [0.3, 0.4) is 0 Å². The second-order valence-corrected chi connectivity index (χ2v) is 9.09. The molecular formula is C19H26N2O3S2. The summed E-state index contributed by atoms with van der Waals surface area (Å²) >= 11 is 3.17. The van der Waals surface area contributed by atoms with Gasteiger partial charge < -0.3 is 14.8 Å². The molecule has 1 heterocycles. The van der Waals surface area contributed by atoms with Gasteiger partial charge in [-0.3, -0.25) is 4.79 Å². The zero-order valence-electron chi connectivity index (χ0n) is 16.1. The number of hydrogen-bond donors (Lipinski definition) is 1. The summed E-state index contributed by atoms with van der Waals surface area (Å²) in [5.74, 6) is 2.13. The molecule has 0 saturated heterocycles. The standard InChI is InChI=1S/C19H26N2O3S2/c1-12(17(22)21-19(2,3)4)25-10-14-11-26-18(20-14)13-7-8-15(23-5)16(9-13)24-6/h7-9,11-12H,10H2,1-6H3,(H,21,22). The molecular weight excluding hydrogens is 368 g/mol. The molecule has 1 aromatic carbocycles. The quantitative estimate of drug-likeness (QED) is 0.756. The zero-order chi connectivity index (χ0) is 19.3. The largest absolute Gasteiger partial charge is 0.493 e. The lowest BCUT2D eigenvalue weighted by molar-refractivity contribution is -0.121. The summed E-state index contributed by atoms with van der Waals surface area (Å²) < 4.78 is 10.6. The first kappa shape index (κ1) is 20.6. The number of benzene rings is 1. The summed E-state index contributed by atoms with van der Waals surface area (Å²) in [5, 5.41) is 5.84. The summed E-state index contributed by atoms with van der Waals surface area (Å²) in [7, 11) is 3.24. The number of amides is 1. The number of carbonyl (C=O) groups is 1. The molecule has 0 saturated carbocycles. The van der Waals surface area contributed by atoms with Crippen LogP contribution in [0.1, 0.15) is 33.4 Å². The van der Waals surface area contributed by atoms with Gasteiger partial charge in [-0.15, -0.1) is 23.1 Å². The summed E-state index contributed by atoms with van der Waals surface area (Å²) in [6.45, 7) is 7.88. The molecule has 0 spiro atoms. The number of ether oxygens (including phenoxy) is 2.